The van der Waals surface area contributed by atoms with Gasteiger partial charge in [0.05, 0.1) is 10.9 Å². The van der Waals surface area contributed by atoms with E-state index < -0.39 is 16.1 Å². The average Bonchev–Trinajstić information content (AvgIpc) is 2.61. The van der Waals surface area contributed by atoms with Crippen LogP contribution in [0.15, 0.2) is 29.2 Å². The summed E-state index contributed by atoms with van der Waals surface area (Å²) in [4.78, 5) is 25.8. The van der Waals surface area contributed by atoms with Gasteiger partial charge in [0, 0.05) is 37.8 Å². The molecule has 0 radical (unpaired) electrons. The molecule has 0 saturated carbocycles. The number of likely N-dealkylation sites (tertiary alicyclic amines) is 1. The second-order valence-electron chi connectivity index (χ2n) is 7.46. The van der Waals surface area contributed by atoms with E-state index >= 15 is 0 Å². The molecule has 2 rings (SSSR count). The Kier molecular flexibility index (Phi) is 7.56. The Morgan fingerprint density at radius 1 is 1.07 bits per heavy atom. The van der Waals surface area contributed by atoms with Crippen molar-refractivity contribution in [2.24, 2.45) is 0 Å². The van der Waals surface area contributed by atoms with Crippen LogP contribution in [0.3, 0.4) is 0 Å². The summed E-state index contributed by atoms with van der Waals surface area (Å²) in [5.41, 5.74) is 0.505. The average molecular weight is 411 g/mol. The van der Waals surface area contributed by atoms with E-state index in [1.807, 2.05) is 0 Å². The molecule has 3 N–H and O–H groups in total. The summed E-state index contributed by atoms with van der Waals surface area (Å²) in [5, 5.41) is 5.52. The van der Waals surface area contributed by atoms with Gasteiger partial charge in [-0.2, -0.15) is 4.72 Å². The van der Waals surface area contributed by atoms with Gasteiger partial charge in [0.2, 0.25) is 21.8 Å². The summed E-state index contributed by atoms with van der Waals surface area (Å²) < 4.78 is 27.4. The van der Waals surface area contributed by atoms with Crippen molar-refractivity contribution in [1.29, 1.82) is 0 Å². The van der Waals surface area contributed by atoms with Gasteiger partial charge in [0.25, 0.3) is 0 Å². The summed E-state index contributed by atoms with van der Waals surface area (Å²) in [6.45, 7) is 9.05. The number of nitrogens with one attached hydrogen (secondary N) is 3. The van der Waals surface area contributed by atoms with E-state index in [1.54, 1.807) is 0 Å². The predicted octanol–water partition coefficient (Wildman–Crippen LogP) is 1.30. The highest BCUT2D eigenvalue weighted by Gasteiger charge is 2.26. The number of hydrogen-bond donors (Lipinski definition) is 3. The molecule has 1 atom stereocenters. The first-order valence-corrected chi connectivity index (χ1v) is 11.0. The highest BCUT2D eigenvalue weighted by Crippen LogP contribution is 2.15. The number of amides is 2. The van der Waals surface area contributed by atoms with Crippen LogP contribution in [-0.4, -0.2) is 56.3 Å². The molecule has 1 saturated heterocycles. The van der Waals surface area contributed by atoms with Crippen LogP contribution in [0.1, 0.15) is 40.5 Å². The molecule has 1 aliphatic rings. The summed E-state index contributed by atoms with van der Waals surface area (Å²) in [6, 6.07) is 5.44. The molecule has 0 spiro atoms. The van der Waals surface area contributed by atoms with Crippen LogP contribution in [0.5, 0.6) is 0 Å². The van der Waals surface area contributed by atoms with Gasteiger partial charge in [0.1, 0.15) is 0 Å². The van der Waals surface area contributed by atoms with E-state index in [9.17, 15) is 18.0 Å². The fourth-order valence-corrected chi connectivity index (χ4v) is 4.36. The zero-order valence-corrected chi connectivity index (χ0v) is 17.7. The van der Waals surface area contributed by atoms with Gasteiger partial charge in [-0.25, -0.2) is 8.42 Å². The SMILES string of the molecule is CC(=O)Nc1ccc(S(=O)(=O)N[C@@H](C)C(=O)NC2CCN(C(C)C)CC2)cc1. The Bertz CT molecular complexity index is 785. The van der Waals surface area contributed by atoms with Crippen molar-refractivity contribution in [3.63, 3.8) is 0 Å². The fourth-order valence-electron chi connectivity index (χ4n) is 3.16. The molecule has 28 heavy (non-hydrogen) atoms. The third kappa shape index (κ3) is 6.29. The molecule has 2 amide bonds. The molecule has 0 aliphatic carbocycles. The largest absolute Gasteiger partial charge is 0.352 e. The lowest BCUT2D eigenvalue weighted by atomic mass is 10.0. The highest BCUT2D eigenvalue weighted by molar-refractivity contribution is 7.89. The molecular weight excluding hydrogens is 380 g/mol. The van der Waals surface area contributed by atoms with E-state index in [-0.39, 0.29) is 22.8 Å². The molecule has 0 unspecified atom stereocenters. The fraction of sp³-hybridized carbons (Fsp3) is 0.579. The number of anilines is 1. The van der Waals surface area contributed by atoms with Crippen LogP contribution in [-0.2, 0) is 19.6 Å². The second-order valence-corrected chi connectivity index (χ2v) is 9.18. The predicted molar refractivity (Wildman–Crippen MR) is 108 cm³/mol. The van der Waals surface area contributed by atoms with E-state index in [2.05, 4.69) is 34.1 Å². The van der Waals surface area contributed by atoms with Gasteiger partial charge in [-0.05, 0) is 57.9 Å². The molecule has 9 heteroatoms. The van der Waals surface area contributed by atoms with Crippen LogP contribution in [0.4, 0.5) is 5.69 Å². The molecule has 1 heterocycles. The third-order valence-corrected chi connectivity index (χ3v) is 6.37. The number of piperidine rings is 1. The first-order valence-electron chi connectivity index (χ1n) is 9.53. The minimum absolute atomic E-state index is 0.0338. The quantitative estimate of drug-likeness (QED) is 0.628. The van der Waals surface area contributed by atoms with Crippen molar-refractivity contribution in [2.45, 2.75) is 63.6 Å². The molecule has 156 valence electrons. The standard InChI is InChI=1S/C19H30N4O4S/c1-13(2)23-11-9-17(10-12-23)21-19(25)14(3)22-28(26,27)18-7-5-16(6-8-18)20-15(4)24/h5-8,13-14,17,22H,9-12H2,1-4H3,(H,20,24)(H,21,25)/t14-/m0/s1. The van der Waals surface area contributed by atoms with Crippen LogP contribution in [0.2, 0.25) is 0 Å². The first-order chi connectivity index (χ1) is 13.1. The van der Waals surface area contributed by atoms with Crippen molar-refractivity contribution < 1.29 is 18.0 Å². The summed E-state index contributed by atoms with van der Waals surface area (Å²) in [5.74, 6) is -0.570. The Hall–Kier alpha value is -1.97. The Balaban J connectivity index is 1.90. The van der Waals surface area contributed by atoms with E-state index in [0.717, 1.165) is 25.9 Å². The van der Waals surface area contributed by atoms with Gasteiger partial charge < -0.3 is 15.5 Å². The lowest BCUT2D eigenvalue weighted by Crippen LogP contribution is -2.51. The van der Waals surface area contributed by atoms with Crippen LogP contribution < -0.4 is 15.4 Å². The first kappa shape index (κ1) is 22.3. The van der Waals surface area contributed by atoms with Gasteiger partial charge in [-0.1, -0.05) is 0 Å². The zero-order valence-electron chi connectivity index (χ0n) is 16.9. The van der Waals surface area contributed by atoms with Gasteiger partial charge >= 0.3 is 0 Å². The monoisotopic (exact) mass is 410 g/mol. The van der Waals surface area contributed by atoms with E-state index in [0.29, 0.717) is 11.7 Å². The summed E-state index contributed by atoms with van der Waals surface area (Å²) >= 11 is 0. The van der Waals surface area contributed by atoms with Crippen LogP contribution >= 0.6 is 0 Å². The minimum Gasteiger partial charge on any atom is -0.352 e. The number of sulfonamides is 1. The lowest BCUT2D eigenvalue weighted by molar-refractivity contribution is -0.123. The minimum atomic E-state index is -3.84. The molecule has 1 aliphatic heterocycles. The Morgan fingerprint density at radius 3 is 2.14 bits per heavy atom. The van der Waals surface area contributed by atoms with Crippen molar-refractivity contribution in [1.82, 2.24) is 14.9 Å². The normalized spacial score (nSPS) is 17.3. The van der Waals surface area contributed by atoms with E-state index in [1.165, 1.54) is 38.1 Å². The number of carbonyl (C=O) groups excluding carboxylic acids is 2. The summed E-state index contributed by atoms with van der Waals surface area (Å²) in [6.07, 6.45) is 1.71. The maximum atomic E-state index is 12.5. The molecule has 1 aromatic carbocycles. The van der Waals surface area contributed by atoms with Gasteiger partial charge in [-0.15, -0.1) is 0 Å². The number of hydrogen-bond acceptors (Lipinski definition) is 5. The van der Waals surface area contributed by atoms with Crippen molar-refractivity contribution in [2.75, 3.05) is 18.4 Å². The Morgan fingerprint density at radius 2 is 1.64 bits per heavy atom. The van der Waals surface area contributed by atoms with Crippen molar-refractivity contribution in [3.05, 3.63) is 24.3 Å². The van der Waals surface area contributed by atoms with Gasteiger partial charge in [-0.3, -0.25) is 9.59 Å². The molecule has 8 nitrogen and oxygen atoms in total. The molecule has 0 bridgehead atoms. The van der Waals surface area contributed by atoms with Crippen LogP contribution in [0.25, 0.3) is 0 Å². The lowest BCUT2D eigenvalue weighted by Gasteiger charge is -2.35. The number of nitrogens with zero attached hydrogens (tertiary/aromatic N) is 1. The van der Waals surface area contributed by atoms with Crippen LogP contribution in [0, 0.1) is 0 Å². The van der Waals surface area contributed by atoms with Gasteiger partial charge in [0.15, 0.2) is 0 Å². The molecule has 0 aromatic heterocycles. The molecular formula is C19H30N4O4S. The topological polar surface area (TPSA) is 108 Å². The maximum Gasteiger partial charge on any atom is 0.241 e. The third-order valence-electron chi connectivity index (χ3n) is 4.82. The Labute approximate surface area is 167 Å². The highest BCUT2D eigenvalue weighted by atomic mass is 32.2. The zero-order chi connectivity index (χ0) is 20.9. The molecule has 1 aromatic rings. The number of rotatable bonds is 7. The maximum absolute atomic E-state index is 12.5. The summed E-state index contributed by atoms with van der Waals surface area (Å²) in [7, 11) is -3.84. The van der Waals surface area contributed by atoms with Crippen molar-refractivity contribution in [3.8, 4) is 0 Å². The van der Waals surface area contributed by atoms with E-state index in [4.69, 9.17) is 0 Å². The van der Waals surface area contributed by atoms with Crippen molar-refractivity contribution >= 4 is 27.5 Å². The number of benzene rings is 1. The smallest absolute Gasteiger partial charge is 0.241 e. The number of carbonyl (C=O) groups is 2. The second kappa shape index (κ2) is 9.49. The molecule has 1 fully saturated rings.